The van der Waals surface area contributed by atoms with Crippen LogP contribution in [-0.4, -0.2) is 22.2 Å². The number of nitrogens with zero attached hydrogens (tertiary/aromatic N) is 1. The largest absolute Gasteiger partial charge is 0.490 e. The number of nitro groups is 1. The summed E-state index contributed by atoms with van der Waals surface area (Å²) < 4.78 is 5.50. The molecule has 0 spiro atoms. The highest BCUT2D eigenvalue weighted by atomic mass is 16.6. The zero-order chi connectivity index (χ0) is 13.9. The average molecular weight is 253 g/mol. The zero-order valence-electron chi connectivity index (χ0n) is 11.1. The van der Waals surface area contributed by atoms with Crippen LogP contribution in [0.1, 0.15) is 26.3 Å². The first-order valence-electron chi connectivity index (χ1n) is 5.84. The Labute approximate surface area is 107 Å². The molecule has 1 N–H and O–H groups in total. The first-order chi connectivity index (χ1) is 8.24. The molecule has 0 fully saturated rings. The van der Waals surface area contributed by atoms with Gasteiger partial charge in [-0.25, -0.2) is 0 Å². The van der Waals surface area contributed by atoms with Gasteiger partial charge in [0, 0.05) is 6.07 Å². The Bertz CT molecular complexity index is 441. The fourth-order valence-corrected chi connectivity index (χ4v) is 1.25. The maximum Gasteiger partial charge on any atom is 0.273 e. The van der Waals surface area contributed by atoms with Gasteiger partial charge in [-0.3, -0.25) is 10.1 Å². The van der Waals surface area contributed by atoms with Crippen LogP contribution in [0.3, 0.4) is 0 Å². The number of rotatable bonds is 5. The lowest BCUT2D eigenvalue weighted by atomic mass is 9.94. The van der Waals surface area contributed by atoms with Crippen molar-refractivity contribution in [2.45, 2.75) is 33.3 Å². The average Bonchev–Trinajstić information content (AvgIpc) is 2.27. The summed E-state index contributed by atoms with van der Waals surface area (Å²) in [6.45, 7) is 7.38. The van der Waals surface area contributed by atoms with Gasteiger partial charge in [-0.05, 0) is 31.4 Å². The molecule has 0 saturated heterocycles. The summed E-state index contributed by atoms with van der Waals surface area (Å²) in [5.41, 5.74) is -0.170. The van der Waals surface area contributed by atoms with Crippen LogP contribution in [0.5, 0.6) is 5.75 Å². The van der Waals surface area contributed by atoms with Crippen molar-refractivity contribution in [3.8, 4) is 5.75 Å². The molecule has 0 heterocycles. The van der Waals surface area contributed by atoms with E-state index in [9.17, 15) is 15.2 Å². The number of benzene rings is 1. The predicted octanol–water partition coefficient (Wildman–Crippen LogP) is 2.69. The third kappa shape index (κ3) is 3.43. The van der Waals surface area contributed by atoms with E-state index in [0.29, 0.717) is 5.75 Å². The van der Waals surface area contributed by atoms with E-state index in [1.165, 1.54) is 12.1 Å². The molecule has 0 amide bonds. The van der Waals surface area contributed by atoms with Gasteiger partial charge in [0.1, 0.15) is 12.4 Å². The fraction of sp³-hybridized carbons (Fsp3) is 0.538. The molecule has 0 aromatic heterocycles. The Morgan fingerprint density at radius 2 is 2.11 bits per heavy atom. The van der Waals surface area contributed by atoms with E-state index in [-0.39, 0.29) is 18.2 Å². The highest BCUT2D eigenvalue weighted by molar-refractivity contribution is 5.43. The van der Waals surface area contributed by atoms with Gasteiger partial charge < -0.3 is 9.84 Å². The number of hydrogen-bond donors (Lipinski definition) is 1. The quantitative estimate of drug-likeness (QED) is 0.646. The Morgan fingerprint density at radius 1 is 1.50 bits per heavy atom. The second-order valence-electron chi connectivity index (χ2n) is 5.01. The van der Waals surface area contributed by atoms with E-state index in [4.69, 9.17) is 4.74 Å². The lowest BCUT2D eigenvalue weighted by Gasteiger charge is -2.27. The molecular formula is C13H19NO4. The molecule has 1 atom stereocenters. The van der Waals surface area contributed by atoms with Crippen LogP contribution in [0, 0.1) is 23.0 Å². The Morgan fingerprint density at radius 3 is 2.61 bits per heavy atom. The number of nitro benzene ring substituents is 1. The number of aryl methyl sites for hydroxylation is 1. The molecule has 0 bridgehead atoms. The van der Waals surface area contributed by atoms with Crippen LogP contribution in [0.15, 0.2) is 18.2 Å². The molecule has 1 rings (SSSR count). The molecule has 1 aromatic carbocycles. The second-order valence-corrected chi connectivity index (χ2v) is 5.01. The SMILES string of the molecule is Cc1ccc([N+](=O)[O-])cc1OCC(C)(O)C(C)C. The van der Waals surface area contributed by atoms with Gasteiger partial charge in [0.2, 0.25) is 0 Å². The minimum absolute atomic E-state index is 0.0141. The van der Waals surface area contributed by atoms with E-state index in [1.807, 2.05) is 20.8 Å². The maximum absolute atomic E-state index is 10.7. The molecule has 1 unspecified atom stereocenters. The summed E-state index contributed by atoms with van der Waals surface area (Å²) in [6, 6.07) is 4.45. The first kappa shape index (κ1) is 14.4. The standard InChI is InChI=1S/C13H19NO4/c1-9(2)13(4,15)8-18-12-7-11(14(16)17)6-5-10(12)3/h5-7,9,15H,8H2,1-4H3. The van der Waals surface area contributed by atoms with Gasteiger partial charge in [0.25, 0.3) is 5.69 Å². The van der Waals surface area contributed by atoms with Crippen LogP contribution < -0.4 is 4.74 Å². The van der Waals surface area contributed by atoms with Gasteiger partial charge >= 0.3 is 0 Å². The molecule has 100 valence electrons. The van der Waals surface area contributed by atoms with Gasteiger partial charge in [0.05, 0.1) is 16.6 Å². The van der Waals surface area contributed by atoms with E-state index in [0.717, 1.165) is 5.56 Å². The molecular weight excluding hydrogens is 234 g/mol. The van der Waals surface area contributed by atoms with Crippen molar-refractivity contribution >= 4 is 5.69 Å². The van der Waals surface area contributed by atoms with Crippen LogP contribution >= 0.6 is 0 Å². The van der Waals surface area contributed by atoms with Gasteiger partial charge in [-0.15, -0.1) is 0 Å². The monoisotopic (exact) mass is 253 g/mol. The van der Waals surface area contributed by atoms with Crippen LogP contribution in [0.25, 0.3) is 0 Å². The van der Waals surface area contributed by atoms with Crippen molar-refractivity contribution < 1.29 is 14.8 Å². The second kappa shape index (κ2) is 5.35. The highest BCUT2D eigenvalue weighted by Gasteiger charge is 2.26. The van der Waals surface area contributed by atoms with Crippen LogP contribution in [0.2, 0.25) is 0 Å². The van der Waals surface area contributed by atoms with Gasteiger partial charge in [-0.2, -0.15) is 0 Å². The number of aliphatic hydroxyl groups is 1. The Kier molecular flexibility index (Phi) is 4.29. The molecule has 5 heteroatoms. The molecule has 0 aliphatic rings. The minimum Gasteiger partial charge on any atom is -0.490 e. The Balaban J connectivity index is 2.85. The minimum atomic E-state index is -0.961. The molecule has 0 aliphatic heterocycles. The summed E-state index contributed by atoms with van der Waals surface area (Å²) in [6.07, 6.45) is 0. The van der Waals surface area contributed by atoms with Crippen molar-refractivity contribution in [1.82, 2.24) is 0 Å². The molecule has 18 heavy (non-hydrogen) atoms. The fourth-order valence-electron chi connectivity index (χ4n) is 1.25. The maximum atomic E-state index is 10.7. The topological polar surface area (TPSA) is 72.6 Å². The lowest BCUT2D eigenvalue weighted by molar-refractivity contribution is -0.385. The number of ether oxygens (including phenoxy) is 1. The third-order valence-electron chi connectivity index (χ3n) is 3.15. The number of non-ortho nitro benzene ring substituents is 1. The van der Waals surface area contributed by atoms with E-state index < -0.39 is 10.5 Å². The smallest absolute Gasteiger partial charge is 0.273 e. The zero-order valence-corrected chi connectivity index (χ0v) is 11.1. The van der Waals surface area contributed by atoms with Crippen LogP contribution in [-0.2, 0) is 0 Å². The third-order valence-corrected chi connectivity index (χ3v) is 3.15. The summed E-state index contributed by atoms with van der Waals surface area (Å²) >= 11 is 0. The molecule has 0 radical (unpaired) electrons. The Hall–Kier alpha value is -1.62. The van der Waals surface area contributed by atoms with Gasteiger partial charge in [0.15, 0.2) is 0 Å². The van der Waals surface area contributed by atoms with Gasteiger partial charge in [-0.1, -0.05) is 13.8 Å². The van der Waals surface area contributed by atoms with Crippen molar-refractivity contribution in [3.63, 3.8) is 0 Å². The lowest BCUT2D eigenvalue weighted by Crippen LogP contribution is -2.37. The van der Waals surface area contributed by atoms with Crippen molar-refractivity contribution in [2.24, 2.45) is 5.92 Å². The molecule has 0 aliphatic carbocycles. The normalized spacial score (nSPS) is 14.3. The van der Waals surface area contributed by atoms with Crippen LogP contribution in [0.4, 0.5) is 5.69 Å². The predicted molar refractivity (Wildman–Crippen MR) is 68.8 cm³/mol. The molecule has 1 aromatic rings. The highest BCUT2D eigenvalue weighted by Crippen LogP contribution is 2.26. The van der Waals surface area contributed by atoms with E-state index >= 15 is 0 Å². The summed E-state index contributed by atoms with van der Waals surface area (Å²) in [5.74, 6) is 0.474. The summed E-state index contributed by atoms with van der Waals surface area (Å²) in [7, 11) is 0. The molecule has 0 saturated carbocycles. The first-order valence-corrected chi connectivity index (χ1v) is 5.84. The number of hydrogen-bond acceptors (Lipinski definition) is 4. The molecule has 5 nitrogen and oxygen atoms in total. The summed E-state index contributed by atoms with van der Waals surface area (Å²) in [5, 5.41) is 20.7. The van der Waals surface area contributed by atoms with Crippen molar-refractivity contribution in [3.05, 3.63) is 33.9 Å². The summed E-state index contributed by atoms with van der Waals surface area (Å²) in [4.78, 5) is 10.2. The van der Waals surface area contributed by atoms with E-state index in [1.54, 1.807) is 13.0 Å². The van der Waals surface area contributed by atoms with Crippen molar-refractivity contribution in [1.29, 1.82) is 0 Å². The van der Waals surface area contributed by atoms with Crippen molar-refractivity contribution in [2.75, 3.05) is 6.61 Å². The van der Waals surface area contributed by atoms with E-state index in [2.05, 4.69) is 0 Å².